The Hall–Kier alpha value is -1.88. The SMILES string of the molecule is O=S(=O)(c1cccc(Br)c1)N1CCN(c2nc(-c3ccc(F)c(F)c3)cs2)CC1. The van der Waals surface area contributed by atoms with E-state index in [-0.39, 0.29) is 4.90 Å². The Morgan fingerprint density at radius 3 is 2.45 bits per heavy atom. The van der Waals surface area contributed by atoms with Crippen LogP contribution in [0.2, 0.25) is 0 Å². The number of sulfonamides is 1. The zero-order valence-electron chi connectivity index (χ0n) is 15.1. The molecule has 0 spiro atoms. The monoisotopic (exact) mass is 499 g/mol. The van der Waals surface area contributed by atoms with Gasteiger partial charge >= 0.3 is 0 Å². The number of benzene rings is 2. The number of aromatic nitrogens is 1. The number of piperazine rings is 1. The fraction of sp³-hybridized carbons (Fsp3) is 0.211. The first-order chi connectivity index (χ1) is 13.8. The molecular weight excluding hydrogens is 484 g/mol. The van der Waals surface area contributed by atoms with Crippen LogP contribution in [0.3, 0.4) is 0 Å². The Morgan fingerprint density at radius 2 is 1.76 bits per heavy atom. The van der Waals surface area contributed by atoms with Gasteiger partial charge in [-0.3, -0.25) is 0 Å². The lowest BCUT2D eigenvalue weighted by molar-refractivity contribution is 0.385. The summed E-state index contributed by atoms with van der Waals surface area (Å²) in [5, 5.41) is 2.51. The average molecular weight is 500 g/mol. The first-order valence-electron chi connectivity index (χ1n) is 8.76. The third kappa shape index (κ3) is 4.20. The predicted molar refractivity (Wildman–Crippen MR) is 113 cm³/mol. The summed E-state index contributed by atoms with van der Waals surface area (Å²) in [6, 6.07) is 10.3. The Bertz CT molecular complexity index is 1150. The van der Waals surface area contributed by atoms with Crippen molar-refractivity contribution in [3.05, 3.63) is 64.0 Å². The molecule has 0 unspecified atom stereocenters. The highest BCUT2D eigenvalue weighted by atomic mass is 79.9. The smallest absolute Gasteiger partial charge is 0.243 e. The van der Waals surface area contributed by atoms with Crippen LogP contribution in [0.15, 0.2) is 57.2 Å². The normalized spacial score (nSPS) is 15.6. The predicted octanol–water partition coefficient (Wildman–Crippen LogP) is 4.36. The van der Waals surface area contributed by atoms with Gasteiger partial charge in [0.1, 0.15) is 0 Å². The van der Waals surface area contributed by atoms with E-state index < -0.39 is 21.7 Å². The van der Waals surface area contributed by atoms with Crippen molar-refractivity contribution in [1.82, 2.24) is 9.29 Å². The van der Waals surface area contributed by atoms with Crippen molar-refractivity contribution >= 4 is 42.4 Å². The lowest BCUT2D eigenvalue weighted by Gasteiger charge is -2.33. The van der Waals surface area contributed by atoms with Gasteiger partial charge in [-0.15, -0.1) is 11.3 Å². The van der Waals surface area contributed by atoms with Crippen LogP contribution in [-0.4, -0.2) is 43.9 Å². The maximum atomic E-state index is 13.5. The Labute approximate surface area is 179 Å². The third-order valence-electron chi connectivity index (χ3n) is 4.65. The number of halogens is 3. The number of rotatable bonds is 4. The maximum Gasteiger partial charge on any atom is 0.243 e. The molecule has 0 N–H and O–H groups in total. The fourth-order valence-electron chi connectivity index (χ4n) is 3.09. The Kier molecular flexibility index (Phi) is 5.69. The number of hydrogen-bond donors (Lipinski definition) is 0. The number of thiazole rings is 1. The molecular formula is C19H16BrF2N3O2S2. The molecule has 1 saturated heterocycles. The first kappa shape index (κ1) is 20.4. The molecule has 29 heavy (non-hydrogen) atoms. The van der Waals surface area contributed by atoms with E-state index in [4.69, 9.17) is 0 Å². The van der Waals surface area contributed by atoms with E-state index in [1.807, 2.05) is 4.90 Å². The van der Waals surface area contributed by atoms with Crippen molar-refractivity contribution in [2.45, 2.75) is 4.90 Å². The lowest BCUT2D eigenvalue weighted by atomic mass is 10.2. The van der Waals surface area contributed by atoms with Crippen molar-refractivity contribution < 1.29 is 17.2 Å². The summed E-state index contributed by atoms with van der Waals surface area (Å²) in [5.74, 6) is -1.81. The number of hydrogen-bond acceptors (Lipinski definition) is 5. The van der Waals surface area contributed by atoms with E-state index in [0.29, 0.717) is 41.9 Å². The van der Waals surface area contributed by atoms with E-state index in [1.165, 1.54) is 21.7 Å². The first-order valence-corrected chi connectivity index (χ1v) is 11.9. The molecule has 3 aromatic rings. The van der Waals surface area contributed by atoms with Crippen molar-refractivity contribution in [2.24, 2.45) is 0 Å². The molecule has 5 nitrogen and oxygen atoms in total. The minimum absolute atomic E-state index is 0.259. The second kappa shape index (κ2) is 8.10. The van der Waals surface area contributed by atoms with Gasteiger partial charge in [0.15, 0.2) is 16.8 Å². The summed E-state index contributed by atoms with van der Waals surface area (Å²) in [5.41, 5.74) is 1.07. The summed E-state index contributed by atoms with van der Waals surface area (Å²) >= 11 is 4.70. The summed E-state index contributed by atoms with van der Waals surface area (Å²) in [7, 11) is -3.55. The van der Waals surface area contributed by atoms with Crippen LogP contribution in [0, 0.1) is 11.6 Å². The largest absolute Gasteiger partial charge is 0.345 e. The van der Waals surface area contributed by atoms with Gasteiger partial charge in [-0.2, -0.15) is 4.31 Å². The van der Waals surface area contributed by atoms with Gasteiger partial charge in [0.05, 0.1) is 10.6 Å². The molecule has 2 heterocycles. The second-order valence-corrected chi connectivity index (χ2v) is 10.2. The minimum Gasteiger partial charge on any atom is -0.345 e. The van der Waals surface area contributed by atoms with Crippen molar-refractivity contribution in [2.75, 3.05) is 31.1 Å². The molecule has 0 atom stereocenters. The molecule has 152 valence electrons. The van der Waals surface area contributed by atoms with Gasteiger partial charge in [0, 0.05) is 41.6 Å². The van der Waals surface area contributed by atoms with E-state index in [0.717, 1.165) is 17.3 Å². The standard InChI is InChI=1S/C19H16BrF2N3O2S2/c20-14-2-1-3-15(11-14)29(26,27)25-8-6-24(7-9-25)19-23-18(12-28-19)13-4-5-16(21)17(22)10-13/h1-5,10-12H,6-9H2. The van der Waals surface area contributed by atoms with E-state index in [9.17, 15) is 17.2 Å². The fourth-order valence-corrected chi connectivity index (χ4v) is 6.00. The molecule has 2 aromatic carbocycles. The van der Waals surface area contributed by atoms with Crippen LogP contribution >= 0.6 is 27.3 Å². The maximum absolute atomic E-state index is 13.5. The van der Waals surface area contributed by atoms with Gasteiger partial charge in [0.2, 0.25) is 10.0 Å². The number of nitrogens with zero attached hydrogens (tertiary/aromatic N) is 3. The van der Waals surface area contributed by atoms with Crippen LogP contribution < -0.4 is 4.90 Å². The summed E-state index contributed by atoms with van der Waals surface area (Å²) in [6.45, 7) is 1.68. The molecule has 0 radical (unpaired) electrons. The van der Waals surface area contributed by atoms with Crippen LogP contribution in [0.25, 0.3) is 11.3 Å². The quantitative estimate of drug-likeness (QED) is 0.535. The van der Waals surface area contributed by atoms with Gasteiger partial charge in [-0.25, -0.2) is 22.2 Å². The Balaban J connectivity index is 1.46. The third-order valence-corrected chi connectivity index (χ3v) is 7.94. The highest BCUT2D eigenvalue weighted by molar-refractivity contribution is 9.10. The summed E-state index contributed by atoms with van der Waals surface area (Å²) in [6.07, 6.45) is 0. The Morgan fingerprint density at radius 1 is 1.00 bits per heavy atom. The molecule has 10 heteroatoms. The van der Waals surface area contributed by atoms with Crippen molar-refractivity contribution in [1.29, 1.82) is 0 Å². The highest BCUT2D eigenvalue weighted by Crippen LogP contribution is 2.30. The minimum atomic E-state index is -3.55. The molecule has 1 fully saturated rings. The van der Waals surface area contributed by atoms with Crippen LogP contribution in [0.5, 0.6) is 0 Å². The van der Waals surface area contributed by atoms with Gasteiger partial charge in [-0.05, 0) is 36.4 Å². The van der Waals surface area contributed by atoms with E-state index in [2.05, 4.69) is 20.9 Å². The molecule has 1 aromatic heterocycles. The van der Waals surface area contributed by atoms with Gasteiger partial charge < -0.3 is 4.90 Å². The molecule has 0 saturated carbocycles. The zero-order valence-corrected chi connectivity index (χ0v) is 18.3. The highest BCUT2D eigenvalue weighted by Gasteiger charge is 2.29. The zero-order chi connectivity index (χ0) is 20.6. The lowest BCUT2D eigenvalue weighted by Crippen LogP contribution is -2.48. The average Bonchev–Trinajstić information content (AvgIpc) is 3.20. The molecule has 1 aliphatic heterocycles. The van der Waals surface area contributed by atoms with Gasteiger partial charge in [0.25, 0.3) is 0 Å². The van der Waals surface area contributed by atoms with E-state index >= 15 is 0 Å². The van der Waals surface area contributed by atoms with Crippen LogP contribution in [0.1, 0.15) is 0 Å². The molecule has 1 aliphatic rings. The van der Waals surface area contributed by atoms with Crippen molar-refractivity contribution in [3.8, 4) is 11.3 Å². The molecule has 0 amide bonds. The second-order valence-electron chi connectivity index (χ2n) is 6.49. The van der Waals surface area contributed by atoms with Crippen molar-refractivity contribution in [3.63, 3.8) is 0 Å². The molecule has 0 aliphatic carbocycles. The topological polar surface area (TPSA) is 53.5 Å². The summed E-state index contributed by atoms with van der Waals surface area (Å²) in [4.78, 5) is 6.77. The van der Waals surface area contributed by atoms with Gasteiger partial charge in [-0.1, -0.05) is 22.0 Å². The number of anilines is 1. The van der Waals surface area contributed by atoms with Crippen LogP contribution in [0.4, 0.5) is 13.9 Å². The van der Waals surface area contributed by atoms with E-state index in [1.54, 1.807) is 29.6 Å². The molecule has 4 rings (SSSR count). The summed E-state index contributed by atoms with van der Waals surface area (Å²) < 4.78 is 54.5. The molecule has 0 bridgehead atoms. The van der Waals surface area contributed by atoms with Crippen LogP contribution in [-0.2, 0) is 10.0 Å².